The Hall–Kier alpha value is -1.96. The minimum atomic E-state index is -0.494. The van der Waals surface area contributed by atoms with E-state index in [2.05, 4.69) is 4.90 Å². The third kappa shape index (κ3) is 7.29. The Kier molecular flexibility index (Phi) is 9.51. The Morgan fingerprint density at radius 1 is 1.19 bits per heavy atom. The topological polar surface area (TPSA) is 64.1 Å². The summed E-state index contributed by atoms with van der Waals surface area (Å²) in [6.07, 6.45) is 7.59. The molecule has 1 unspecified atom stereocenters. The molecule has 2 aliphatic heterocycles. The van der Waals surface area contributed by atoms with E-state index in [9.17, 15) is 19.1 Å². The summed E-state index contributed by atoms with van der Waals surface area (Å²) in [6.45, 7) is 5.48. The number of rotatable bonds is 8. The van der Waals surface area contributed by atoms with Crippen LogP contribution in [0.25, 0.3) is 6.08 Å². The van der Waals surface area contributed by atoms with Gasteiger partial charge in [-0.15, -0.1) is 0 Å². The lowest BCUT2D eigenvalue weighted by atomic mass is 9.99. The second-order valence-corrected chi connectivity index (χ2v) is 9.07. The zero-order chi connectivity index (χ0) is 22.9. The lowest BCUT2D eigenvalue weighted by molar-refractivity contribution is -0.130. The summed E-state index contributed by atoms with van der Waals surface area (Å²) >= 11 is 5.78. The number of amides is 2. The smallest absolute Gasteiger partial charge is 0.246 e. The predicted octanol–water partition coefficient (Wildman–Crippen LogP) is 3.04. The van der Waals surface area contributed by atoms with Crippen LogP contribution >= 0.6 is 11.6 Å². The quantitative estimate of drug-likeness (QED) is 0.473. The van der Waals surface area contributed by atoms with Crippen molar-refractivity contribution in [2.75, 3.05) is 52.4 Å². The van der Waals surface area contributed by atoms with Crippen LogP contribution in [0.2, 0.25) is 5.02 Å². The molecule has 3 rings (SSSR count). The number of likely N-dealkylation sites (tertiary alicyclic amines) is 1. The van der Waals surface area contributed by atoms with Crippen molar-refractivity contribution in [1.82, 2.24) is 14.7 Å². The lowest BCUT2D eigenvalue weighted by Crippen LogP contribution is -2.38. The standard InChI is InChI=1S/C24H33ClFN3O3/c25-21-16-19(5-7-22(21)26)6-8-23(31)29-13-9-24(32)28(14-15-29)12-2-1-10-27-11-3-4-20(17-27)18-30/h5-8,16,20,30H,1-4,9-15,17-18H2. The van der Waals surface area contributed by atoms with E-state index < -0.39 is 5.82 Å². The lowest BCUT2D eigenvalue weighted by Gasteiger charge is -2.32. The number of nitrogens with zero attached hydrogens (tertiary/aromatic N) is 3. The predicted molar refractivity (Wildman–Crippen MR) is 124 cm³/mol. The van der Waals surface area contributed by atoms with Gasteiger partial charge in [0, 0.05) is 51.8 Å². The highest BCUT2D eigenvalue weighted by Gasteiger charge is 2.23. The molecule has 0 radical (unpaired) electrons. The van der Waals surface area contributed by atoms with Crippen LogP contribution in [0.5, 0.6) is 0 Å². The fraction of sp³-hybridized carbons (Fsp3) is 0.583. The molecule has 6 nitrogen and oxygen atoms in total. The first-order chi connectivity index (χ1) is 15.5. The van der Waals surface area contributed by atoms with Gasteiger partial charge in [0.15, 0.2) is 0 Å². The number of carbonyl (C=O) groups is 2. The molecule has 8 heteroatoms. The van der Waals surface area contributed by atoms with Crippen LogP contribution in [0, 0.1) is 11.7 Å². The van der Waals surface area contributed by atoms with Crippen molar-refractivity contribution >= 4 is 29.5 Å². The van der Waals surface area contributed by atoms with Crippen molar-refractivity contribution in [3.8, 4) is 0 Å². The van der Waals surface area contributed by atoms with Gasteiger partial charge in [0.1, 0.15) is 5.82 Å². The molecule has 0 spiro atoms. The van der Waals surface area contributed by atoms with Gasteiger partial charge in [0.2, 0.25) is 11.8 Å². The van der Waals surface area contributed by atoms with E-state index in [-0.39, 0.29) is 23.4 Å². The molecule has 32 heavy (non-hydrogen) atoms. The fourth-order valence-corrected chi connectivity index (χ4v) is 4.54. The minimum Gasteiger partial charge on any atom is -0.396 e. The molecule has 1 atom stereocenters. The van der Waals surface area contributed by atoms with Crippen LogP contribution in [0.1, 0.15) is 37.7 Å². The molecule has 1 aromatic rings. The summed E-state index contributed by atoms with van der Waals surface area (Å²) in [7, 11) is 0. The number of halogens is 2. The normalized spacial score (nSPS) is 20.7. The van der Waals surface area contributed by atoms with Gasteiger partial charge in [-0.05, 0) is 68.5 Å². The zero-order valence-corrected chi connectivity index (χ0v) is 19.3. The summed E-state index contributed by atoms with van der Waals surface area (Å²) in [5, 5.41) is 9.38. The molecule has 1 N–H and O–H groups in total. The van der Waals surface area contributed by atoms with Gasteiger partial charge in [-0.2, -0.15) is 0 Å². The number of unbranched alkanes of at least 4 members (excludes halogenated alkanes) is 1. The van der Waals surface area contributed by atoms with E-state index in [1.165, 1.54) is 18.2 Å². The van der Waals surface area contributed by atoms with Crippen LogP contribution in [0.3, 0.4) is 0 Å². The van der Waals surface area contributed by atoms with Crippen molar-refractivity contribution in [2.45, 2.75) is 32.1 Å². The van der Waals surface area contributed by atoms with Gasteiger partial charge in [0.05, 0.1) is 5.02 Å². The maximum atomic E-state index is 13.3. The van der Waals surface area contributed by atoms with E-state index in [0.29, 0.717) is 44.1 Å². The van der Waals surface area contributed by atoms with Gasteiger partial charge < -0.3 is 19.8 Å². The minimum absolute atomic E-state index is 0.0177. The first-order valence-corrected chi connectivity index (χ1v) is 11.9. The Morgan fingerprint density at radius 3 is 2.78 bits per heavy atom. The van der Waals surface area contributed by atoms with E-state index in [4.69, 9.17) is 11.6 Å². The fourth-order valence-electron chi connectivity index (χ4n) is 4.35. The molecule has 2 amide bonds. The molecule has 2 aliphatic rings. The van der Waals surface area contributed by atoms with Crippen molar-refractivity contribution in [1.29, 1.82) is 0 Å². The molecule has 2 heterocycles. The zero-order valence-electron chi connectivity index (χ0n) is 18.5. The molecule has 176 valence electrons. The average Bonchev–Trinajstić information content (AvgIpc) is 2.99. The summed E-state index contributed by atoms with van der Waals surface area (Å²) in [5.41, 5.74) is 0.649. The first kappa shape index (κ1) is 24.7. The Labute approximate surface area is 194 Å². The van der Waals surface area contributed by atoms with Crippen LogP contribution in [0.15, 0.2) is 24.3 Å². The van der Waals surface area contributed by atoms with Crippen LogP contribution in [0.4, 0.5) is 4.39 Å². The number of hydrogen-bond acceptors (Lipinski definition) is 4. The number of carbonyl (C=O) groups excluding carboxylic acids is 2. The van der Waals surface area contributed by atoms with Crippen LogP contribution in [-0.2, 0) is 9.59 Å². The summed E-state index contributed by atoms with van der Waals surface area (Å²) in [6, 6.07) is 4.31. The highest BCUT2D eigenvalue weighted by atomic mass is 35.5. The maximum Gasteiger partial charge on any atom is 0.246 e. The molecule has 0 bridgehead atoms. The van der Waals surface area contributed by atoms with E-state index in [1.54, 1.807) is 17.0 Å². The van der Waals surface area contributed by atoms with Crippen molar-refractivity contribution in [3.05, 3.63) is 40.7 Å². The van der Waals surface area contributed by atoms with E-state index in [1.807, 2.05) is 4.90 Å². The van der Waals surface area contributed by atoms with Crippen molar-refractivity contribution in [3.63, 3.8) is 0 Å². The van der Waals surface area contributed by atoms with Crippen molar-refractivity contribution < 1.29 is 19.1 Å². The number of aliphatic hydroxyl groups is 1. The average molecular weight is 466 g/mol. The molecule has 2 saturated heterocycles. The van der Waals surface area contributed by atoms with E-state index >= 15 is 0 Å². The first-order valence-electron chi connectivity index (χ1n) is 11.5. The highest BCUT2D eigenvalue weighted by Crippen LogP contribution is 2.18. The Bertz CT molecular complexity index is 820. The molecule has 0 saturated carbocycles. The van der Waals surface area contributed by atoms with Crippen LogP contribution < -0.4 is 0 Å². The highest BCUT2D eigenvalue weighted by molar-refractivity contribution is 6.30. The maximum absolute atomic E-state index is 13.3. The van der Waals surface area contributed by atoms with E-state index in [0.717, 1.165) is 45.3 Å². The summed E-state index contributed by atoms with van der Waals surface area (Å²) in [4.78, 5) is 31.0. The number of hydrogen-bond donors (Lipinski definition) is 1. The summed E-state index contributed by atoms with van der Waals surface area (Å²) < 4.78 is 13.3. The number of piperidine rings is 1. The third-order valence-electron chi connectivity index (χ3n) is 6.28. The SMILES string of the molecule is O=C(C=Cc1ccc(F)c(Cl)c1)N1CCC(=O)N(CCCCN2CCCC(CO)C2)CC1. The summed E-state index contributed by atoms with van der Waals surface area (Å²) in [5.74, 6) is -0.170. The van der Waals surface area contributed by atoms with Gasteiger partial charge >= 0.3 is 0 Å². The third-order valence-corrected chi connectivity index (χ3v) is 6.57. The van der Waals surface area contributed by atoms with Gasteiger partial charge in [0.25, 0.3) is 0 Å². The van der Waals surface area contributed by atoms with Gasteiger partial charge in [-0.25, -0.2) is 4.39 Å². The largest absolute Gasteiger partial charge is 0.396 e. The molecular formula is C24H33ClFN3O3. The monoisotopic (exact) mass is 465 g/mol. The second-order valence-electron chi connectivity index (χ2n) is 8.66. The molecule has 2 fully saturated rings. The van der Waals surface area contributed by atoms with Gasteiger partial charge in [-0.3, -0.25) is 9.59 Å². The van der Waals surface area contributed by atoms with Crippen molar-refractivity contribution in [2.24, 2.45) is 5.92 Å². The number of aliphatic hydroxyl groups excluding tert-OH is 1. The molecular weight excluding hydrogens is 433 g/mol. The van der Waals surface area contributed by atoms with Gasteiger partial charge in [-0.1, -0.05) is 17.7 Å². The Morgan fingerprint density at radius 2 is 2.00 bits per heavy atom. The molecule has 0 aliphatic carbocycles. The molecule has 1 aromatic carbocycles. The molecule has 0 aromatic heterocycles. The Balaban J connectivity index is 1.41. The van der Waals surface area contributed by atoms with Crippen LogP contribution in [-0.4, -0.2) is 84.0 Å². The second kappa shape index (κ2) is 12.3. The number of benzene rings is 1.